The quantitative estimate of drug-likeness (QED) is 0.143. The molecule has 4 heterocycles. The number of pyridine rings is 3. The van der Waals surface area contributed by atoms with Crippen LogP contribution in [0.1, 0.15) is 0 Å². The van der Waals surface area contributed by atoms with E-state index in [1.807, 2.05) is 24.7 Å². The van der Waals surface area contributed by atoms with E-state index in [-0.39, 0.29) is 0 Å². The van der Waals surface area contributed by atoms with Crippen molar-refractivity contribution in [1.82, 2.24) is 19.4 Å². The Hall–Kier alpha value is -4.14. The Kier molecular flexibility index (Phi) is 5.08. The summed E-state index contributed by atoms with van der Waals surface area (Å²) in [6.45, 7) is 0. The summed E-state index contributed by atoms with van der Waals surface area (Å²) in [7, 11) is 0. The first-order chi connectivity index (χ1) is 19.2. The zero-order valence-corrected chi connectivity index (χ0v) is 23.4. The van der Waals surface area contributed by atoms with Crippen LogP contribution in [-0.2, 0) is 0 Å². The molecular formula is C33H21N4PSe. The Morgan fingerprint density at radius 2 is 1.33 bits per heavy atom. The van der Waals surface area contributed by atoms with Gasteiger partial charge in [0.2, 0.25) is 0 Å². The second-order valence-corrected chi connectivity index (χ2v) is 15.9. The molecule has 1 atom stereocenters. The van der Waals surface area contributed by atoms with Crippen LogP contribution in [-0.4, -0.2) is 34.5 Å². The van der Waals surface area contributed by atoms with E-state index in [2.05, 4.69) is 133 Å². The number of fused-ring (bicyclic) bond motifs is 9. The summed E-state index contributed by atoms with van der Waals surface area (Å²) in [5, 5.41) is 8.46. The molecule has 8 rings (SSSR count). The molecule has 0 aliphatic heterocycles. The molecular weight excluding hydrogens is 562 g/mol. The van der Waals surface area contributed by atoms with Crippen LogP contribution in [0, 0.1) is 0 Å². The van der Waals surface area contributed by atoms with Crippen LogP contribution in [0.3, 0.4) is 0 Å². The van der Waals surface area contributed by atoms with Crippen molar-refractivity contribution in [2.45, 2.75) is 0 Å². The minimum absolute atomic E-state index is 0.985. The first-order valence-corrected chi connectivity index (χ1v) is 16.8. The van der Waals surface area contributed by atoms with Crippen molar-refractivity contribution in [2.75, 3.05) is 0 Å². The van der Waals surface area contributed by atoms with Gasteiger partial charge in [-0.25, -0.2) is 0 Å². The molecule has 4 aromatic heterocycles. The van der Waals surface area contributed by atoms with Crippen LogP contribution in [0.2, 0.25) is 0 Å². The van der Waals surface area contributed by atoms with Gasteiger partial charge in [-0.1, -0.05) is 0 Å². The number of aromatic nitrogens is 4. The standard InChI is InChI=1S/C33H21N4PSe/c39-38(23-15-18-34-19-16-23,25-12-11-22-6-5-17-35-30(22)21-25)24-13-14-27-28(20-24)26-7-1-3-9-31(26)37-32-10-4-2-8-29(32)36-33(27)37/h1-21H. The van der Waals surface area contributed by atoms with Crippen molar-refractivity contribution in [3.63, 3.8) is 0 Å². The van der Waals surface area contributed by atoms with Gasteiger partial charge in [0.15, 0.2) is 0 Å². The molecule has 0 N–H and O–H groups in total. The van der Waals surface area contributed by atoms with E-state index in [1.165, 1.54) is 26.7 Å². The fourth-order valence-electron chi connectivity index (χ4n) is 5.74. The zero-order valence-electron chi connectivity index (χ0n) is 20.8. The molecule has 0 bridgehead atoms. The van der Waals surface area contributed by atoms with Crippen molar-refractivity contribution in [3.05, 3.63) is 128 Å². The first-order valence-electron chi connectivity index (χ1n) is 12.8. The minimum atomic E-state index is -2.13. The normalized spacial score (nSPS) is 13.4. The third-order valence-electron chi connectivity index (χ3n) is 7.58. The number of imidazole rings is 1. The number of hydrogen-bond donors (Lipinski definition) is 0. The Morgan fingerprint density at radius 3 is 2.23 bits per heavy atom. The second-order valence-electron chi connectivity index (χ2n) is 9.70. The van der Waals surface area contributed by atoms with Crippen molar-refractivity contribution in [3.8, 4) is 0 Å². The number of nitrogens with zero attached hydrogens (tertiary/aromatic N) is 4. The van der Waals surface area contributed by atoms with Gasteiger partial charge in [0.1, 0.15) is 0 Å². The molecule has 184 valence electrons. The van der Waals surface area contributed by atoms with Gasteiger partial charge >= 0.3 is 233 Å². The van der Waals surface area contributed by atoms with Crippen LogP contribution in [0.15, 0.2) is 128 Å². The first kappa shape index (κ1) is 22.8. The summed E-state index contributed by atoms with van der Waals surface area (Å²) in [6.07, 6.45) is 5.63. The molecule has 4 nitrogen and oxygen atoms in total. The van der Waals surface area contributed by atoms with Crippen LogP contribution >= 0.6 is 5.51 Å². The predicted octanol–water partition coefficient (Wildman–Crippen LogP) is 6.11. The molecule has 0 aliphatic rings. The topological polar surface area (TPSA) is 43.1 Å². The molecule has 0 saturated carbocycles. The van der Waals surface area contributed by atoms with Crippen LogP contribution in [0.25, 0.3) is 49.3 Å². The molecule has 4 aromatic carbocycles. The monoisotopic (exact) mass is 584 g/mol. The Balaban J connectivity index is 1.48. The molecule has 0 spiro atoms. The van der Waals surface area contributed by atoms with Gasteiger partial charge in [-0.05, 0) is 0 Å². The van der Waals surface area contributed by atoms with E-state index >= 15 is 0 Å². The van der Waals surface area contributed by atoms with Gasteiger partial charge in [0.25, 0.3) is 0 Å². The molecule has 0 fully saturated rings. The molecule has 0 amide bonds. The van der Waals surface area contributed by atoms with Crippen molar-refractivity contribution >= 4 is 85.8 Å². The maximum absolute atomic E-state index is 5.08. The molecule has 8 aromatic rings. The van der Waals surface area contributed by atoms with Crippen molar-refractivity contribution in [1.29, 1.82) is 0 Å². The summed E-state index contributed by atoms with van der Waals surface area (Å²) in [5.41, 5.74) is 3.14. The SMILES string of the molecule is [Se]=P(c1ccncc1)(c1ccc2cccnc2c1)c1ccc2c(c1)c1ccccc1n1c3ccccc3nc21. The third kappa shape index (κ3) is 3.38. The fourth-order valence-corrected chi connectivity index (χ4v) is 10.6. The summed E-state index contributed by atoms with van der Waals surface area (Å²) in [5.74, 6) is 0. The van der Waals surface area contributed by atoms with E-state index in [0.717, 1.165) is 38.5 Å². The summed E-state index contributed by atoms with van der Waals surface area (Å²) in [6, 6.07) is 39.0. The average Bonchev–Trinajstić information content (AvgIpc) is 3.41. The molecule has 0 radical (unpaired) electrons. The number of para-hydroxylation sites is 3. The van der Waals surface area contributed by atoms with E-state index in [1.54, 1.807) is 0 Å². The molecule has 39 heavy (non-hydrogen) atoms. The summed E-state index contributed by atoms with van der Waals surface area (Å²) in [4.78, 5) is 14.1. The van der Waals surface area contributed by atoms with Crippen molar-refractivity contribution < 1.29 is 0 Å². The Labute approximate surface area is 232 Å². The molecule has 0 aliphatic carbocycles. The molecule has 0 saturated heterocycles. The second kappa shape index (κ2) is 8.69. The fraction of sp³-hybridized carbons (Fsp3) is 0. The summed E-state index contributed by atoms with van der Waals surface area (Å²) < 4.78 is 2.30. The summed E-state index contributed by atoms with van der Waals surface area (Å²) >= 11 is 3.71. The van der Waals surface area contributed by atoms with Gasteiger partial charge < -0.3 is 0 Å². The average molecular weight is 583 g/mol. The zero-order chi connectivity index (χ0) is 26.0. The van der Waals surface area contributed by atoms with Crippen LogP contribution in [0.4, 0.5) is 0 Å². The van der Waals surface area contributed by atoms with Gasteiger partial charge in [-0.2, -0.15) is 0 Å². The van der Waals surface area contributed by atoms with Crippen molar-refractivity contribution in [2.24, 2.45) is 0 Å². The predicted molar refractivity (Wildman–Crippen MR) is 165 cm³/mol. The van der Waals surface area contributed by atoms with Crippen LogP contribution < -0.4 is 15.9 Å². The number of benzene rings is 4. The third-order valence-corrected chi connectivity index (χ3v) is 14.6. The van der Waals surface area contributed by atoms with Crippen LogP contribution in [0.5, 0.6) is 0 Å². The maximum atomic E-state index is 5.08. The van der Waals surface area contributed by atoms with E-state index in [9.17, 15) is 0 Å². The van der Waals surface area contributed by atoms with Gasteiger partial charge in [-0.3, -0.25) is 0 Å². The van der Waals surface area contributed by atoms with Gasteiger partial charge in [0, 0.05) is 0 Å². The van der Waals surface area contributed by atoms with E-state index in [0.29, 0.717) is 0 Å². The van der Waals surface area contributed by atoms with Gasteiger partial charge in [-0.15, -0.1) is 0 Å². The number of rotatable bonds is 3. The molecule has 6 heteroatoms. The Morgan fingerprint density at radius 1 is 0.564 bits per heavy atom. The molecule has 1 unspecified atom stereocenters. The Bertz CT molecular complexity index is 2270. The number of hydrogen-bond acceptors (Lipinski definition) is 3. The van der Waals surface area contributed by atoms with E-state index < -0.39 is 5.51 Å². The van der Waals surface area contributed by atoms with Gasteiger partial charge in [0.05, 0.1) is 0 Å². The van der Waals surface area contributed by atoms with E-state index in [4.69, 9.17) is 4.98 Å².